The third kappa shape index (κ3) is 6.01. The van der Waals surface area contributed by atoms with Crippen LogP contribution in [-0.4, -0.2) is 47.2 Å². The average molecular weight is 512 g/mol. The molecule has 1 aromatic carbocycles. The van der Waals surface area contributed by atoms with Crippen LogP contribution in [-0.2, 0) is 29.0 Å². The molecule has 1 unspecified atom stereocenters. The molecule has 194 valence electrons. The fourth-order valence-electron chi connectivity index (χ4n) is 4.02. The van der Waals surface area contributed by atoms with Gasteiger partial charge in [-0.15, -0.1) is 0 Å². The number of benzene rings is 1. The lowest BCUT2D eigenvalue weighted by atomic mass is 10.0. The van der Waals surface area contributed by atoms with E-state index in [0.717, 1.165) is 17.3 Å². The molecule has 37 heavy (non-hydrogen) atoms. The van der Waals surface area contributed by atoms with Gasteiger partial charge in [-0.1, -0.05) is 24.3 Å². The molecule has 0 spiro atoms. The van der Waals surface area contributed by atoms with Crippen LogP contribution in [0.2, 0.25) is 0 Å². The first-order valence-corrected chi connectivity index (χ1v) is 11.5. The first-order chi connectivity index (χ1) is 17.8. The van der Waals surface area contributed by atoms with Crippen LogP contribution < -0.4 is 21.0 Å². The zero-order chi connectivity index (χ0) is 26.4. The van der Waals surface area contributed by atoms with Crippen molar-refractivity contribution in [2.45, 2.75) is 25.0 Å². The SMILES string of the molecule is COCC1(C(=O)NCc2nccc(OC)c2F)C=CN(Cc2ccc(Cc3cc(F)c[nH]c3=O)cc2)N1. The van der Waals surface area contributed by atoms with Crippen LogP contribution in [0.15, 0.2) is 65.9 Å². The summed E-state index contributed by atoms with van der Waals surface area (Å²) in [4.78, 5) is 31.4. The van der Waals surface area contributed by atoms with Gasteiger partial charge < -0.3 is 24.8 Å². The van der Waals surface area contributed by atoms with Crippen molar-refractivity contribution in [1.29, 1.82) is 0 Å². The van der Waals surface area contributed by atoms with Crippen molar-refractivity contribution in [2.24, 2.45) is 0 Å². The number of nitrogens with one attached hydrogen (secondary N) is 3. The number of rotatable bonds is 10. The Labute approximate surface area is 212 Å². The predicted octanol–water partition coefficient (Wildman–Crippen LogP) is 2.18. The Morgan fingerprint density at radius 1 is 1.16 bits per heavy atom. The molecule has 4 rings (SSSR count). The van der Waals surface area contributed by atoms with E-state index in [4.69, 9.17) is 9.47 Å². The summed E-state index contributed by atoms with van der Waals surface area (Å²) in [5.41, 5.74) is 3.83. The van der Waals surface area contributed by atoms with Crippen LogP contribution in [0, 0.1) is 11.6 Å². The van der Waals surface area contributed by atoms with Gasteiger partial charge in [-0.25, -0.2) is 14.2 Å². The van der Waals surface area contributed by atoms with Gasteiger partial charge in [0.25, 0.3) is 5.56 Å². The minimum Gasteiger partial charge on any atom is -0.494 e. The summed E-state index contributed by atoms with van der Waals surface area (Å²) in [7, 11) is 2.84. The molecule has 3 aromatic rings. The molecule has 0 aliphatic carbocycles. The van der Waals surface area contributed by atoms with E-state index in [2.05, 4.69) is 20.7 Å². The molecule has 9 nitrogen and oxygen atoms in total. The lowest BCUT2D eigenvalue weighted by Crippen LogP contribution is -2.59. The fraction of sp³-hybridized carbons (Fsp3) is 0.269. The van der Waals surface area contributed by atoms with Gasteiger partial charge in [0.05, 0.1) is 32.5 Å². The highest BCUT2D eigenvalue weighted by atomic mass is 19.1. The number of H-pyrrole nitrogens is 1. The van der Waals surface area contributed by atoms with E-state index in [1.54, 1.807) is 17.3 Å². The molecule has 3 heterocycles. The Kier molecular flexibility index (Phi) is 7.95. The molecule has 0 saturated carbocycles. The largest absolute Gasteiger partial charge is 0.494 e. The summed E-state index contributed by atoms with van der Waals surface area (Å²) in [5, 5.41) is 4.46. The number of nitrogens with zero attached hydrogens (tertiary/aromatic N) is 2. The Balaban J connectivity index is 1.38. The number of methoxy groups -OCH3 is 2. The summed E-state index contributed by atoms with van der Waals surface area (Å²) in [6, 6.07) is 10.2. The maximum absolute atomic E-state index is 14.4. The van der Waals surface area contributed by atoms with Crippen molar-refractivity contribution in [2.75, 3.05) is 20.8 Å². The predicted molar refractivity (Wildman–Crippen MR) is 131 cm³/mol. The van der Waals surface area contributed by atoms with E-state index >= 15 is 0 Å². The van der Waals surface area contributed by atoms with Gasteiger partial charge in [0.1, 0.15) is 5.82 Å². The third-order valence-corrected chi connectivity index (χ3v) is 5.94. The van der Waals surface area contributed by atoms with E-state index in [1.807, 2.05) is 24.3 Å². The fourth-order valence-corrected chi connectivity index (χ4v) is 4.02. The van der Waals surface area contributed by atoms with Crippen LogP contribution in [0.5, 0.6) is 5.75 Å². The number of aromatic amines is 1. The van der Waals surface area contributed by atoms with E-state index in [0.29, 0.717) is 18.5 Å². The smallest absolute Gasteiger partial charge is 0.251 e. The van der Waals surface area contributed by atoms with Crippen molar-refractivity contribution in [3.63, 3.8) is 0 Å². The number of amides is 1. The van der Waals surface area contributed by atoms with Gasteiger partial charge in [-0.3, -0.25) is 14.6 Å². The molecule has 0 bridgehead atoms. The number of hydrogen-bond donors (Lipinski definition) is 3. The van der Waals surface area contributed by atoms with Crippen molar-refractivity contribution >= 4 is 5.91 Å². The number of ether oxygens (including phenoxy) is 2. The van der Waals surface area contributed by atoms with Gasteiger partial charge in [-0.2, -0.15) is 0 Å². The first kappa shape index (κ1) is 26.0. The molecular formula is C26H27F2N5O4. The third-order valence-electron chi connectivity index (χ3n) is 5.94. The van der Waals surface area contributed by atoms with E-state index < -0.39 is 23.1 Å². The maximum atomic E-state index is 14.4. The number of carbonyl (C=O) groups excluding carboxylic acids is 1. The van der Waals surface area contributed by atoms with Crippen molar-refractivity contribution in [3.05, 3.63) is 105 Å². The second-order valence-corrected chi connectivity index (χ2v) is 8.58. The summed E-state index contributed by atoms with van der Waals surface area (Å²) in [5.74, 6) is -1.49. The topological polar surface area (TPSA) is 109 Å². The molecule has 3 N–H and O–H groups in total. The van der Waals surface area contributed by atoms with E-state index in [1.165, 1.54) is 32.5 Å². The molecule has 0 fully saturated rings. The van der Waals surface area contributed by atoms with Crippen LogP contribution in [0.1, 0.15) is 22.4 Å². The van der Waals surface area contributed by atoms with Gasteiger partial charge >= 0.3 is 0 Å². The van der Waals surface area contributed by atoms with Crippen LogP contribution in [0.3, 0.4) is 0 Å². The van der Waals surface area contributed by atoms with Gasteiger partial charge in [-0.05, 0) is 23.3 Å². The minimum atomic E-state index is -1.19. The highest BCUT2D eigenvalue weighted by molar-refractivity contribution is 5.89. The lowest BCUT2D eigenvalue weighted by molar-refractivity contribution is -0.129. The summed E-state index contributed by atoms with van der Waals surface area (Å²) >= 11 is 0. The van der Waals surface area contributed by atoms with Crippen LogP contribution in [0.4, 0.5) is 8.78 Å². The molecule has 1 aliphatic rings. The summed E-state index contributed by atoms with van der Waals surface area (Å²) in [6.07, 6.45) is 6.17. The second kappa shape index (κ2) is 11.3. The number of hydrazine groups is 1. The average Bonchev–Trinajstić information content (AvgIpc) is 3.30. The number of hydrogen-bond acceptors (Lipinski definition) is 7. The Hall–Kier alpha value is -4.09. The molecule has 2 aromatic heterocycles. The minimum absolute atomic E-state index is 0.0426. The number of pyridine rings is 2. The van der Waals surface area contributed by atoms with Gasteiger partial charge in [0.2, 0.25) is 5.91 Å². The van der Waals surface area contributed by atoms with Crippen LogP contribution >= 0.6 is 0 Å². The number of carbonyl (C=O) groups is 1. The van der Waals surface area contributed by atoms with Crippen molar-refractivity contribution in [1.82, 2.24) is 25.7 Å². The lowest BCUT2D eigenvalue weighted by Gasteiger charge is -2.29. The highest BCUT2D eigenvalue weighted by Crippen LogP contribution is 2.21. The monoisotopic (exact) mass is 511 g/mol. The first-order valence-electron chi connectivity index (χ1n) is 11.5. The number of aromatic nitrogens is 2. The Bertz CT molecular complexity index is 1350. The molecule has 1 amide bonds. The Morgan fingerprint density at radius 2 is 1.92 bits per heavy atom. The molecule has 11 heteroatoms. The maximum Gasteiger partial charge on any atom is 0.251 e. The summed E-state index contributed by atoms with van der Waals surface area (Å²) in [6.45, 7) is 0.349. The van der Waals surface area contributed by atoms with E-state index in [9.17, 15) is 18.4 Å². The molecular weight excluding hydrogens is 484 g/mol. The molecule has 1 atom stereocenters. The van der Waals surface area contributed by atoms with Crippen LogP contribution in [0.25, 0.3) is 0 Å². The zero-order valence-corrected chi connectivity index (χ0v) is 20.4. The highest BCUT2D eigenvalue weighted by Gasteiger charge is 2.41. The van der Waals surface area contributed by atoms with E-state index in [-0.39, 0.29) is 30.2 Å². The standard InChI is InChI=1S/C26H27F2N5O4/c1-36-16-26(25(35)31-14-21-23(28)22(37-2)7-9-29-21)8-10-33(32-26)15-18-5-3-17(4-6-18)11-19-12-20(27)13-30-24(19)34/h3-10,12-13,32H,11,14-16H2,1-2H3,(H,30,34)(H,31,35). The van der Waals surface area contributed by atoms with Gasteiger partial charge in [0, 0.05) is 43.8 Å². The van der Waals surface area contributed by atoms with Crippen molar-refractivity contribution < 1.29 is 23.0 Å². The molecule has 0 radical (unpaired) electrons. The second-order valence-electron chi connectivity index (χ2n) is 8.58. The molecule has 1 aliphatic heterocycles. The quantitative estimate of drug-likeness (QED) is 0.383. The van der Waals surface area contributed by atoms with Crippen molar-refractivity contribution in [3.8, 4) is 5.75 Å². The zero-order valence-electron chi connectivity index (χ0n) is 20.4. The Morgan fingerprint density at radius 3 is 2.65 bits per heavy atom. The normalized spacial score (nSPS) is 16.7. The summed E-state index contributed by atoms with van der Waals surface area (Å²) < 4.78 is 38.1. The molecule has 0 saturated heterocycles. The number of halogens is 2. The van der Waals surface area contributed by atoms with Gasteiger partial charge in [0.15, 0.2) is 17.1 Å².